The molecule has 1 aromatic carbocycles. The predicted octanol–water partition coefficient (Wildman–Crippen LogP) is 2.52. The molecule has 1 saturated carbocycles. The van der Waals surface area contributed by atoms with Crippen LogP contribution in [0, 0.1) is 11.8 Å². The summed E-state index contributed by atoms with van der Waals surface area (Å²) in [7, 11) is 3.46. The number of hydrogen-bond acceptors (Lipinski definition) is 5. The van der Waals surface area contributed by atoms with Gasteiger partial charge in [-0.3, -0.25) is 9.59 Å². The summed E-state index contributed by atoms with van der Waals surface area (Å²) >= 11 is 0. The number of hydrogen-bond donors (Lipinski definition) is 2. The Balaban J connectivity index is 1.84. The smallest absolute Gasteiger partial charge is 0.257 e. The van der Waals surface area contributed by atoms with E-state index < -0.39 is 0 Å². The molecule has 3 rings (SSSR count). The van der Waals surface area contributed by atoms with Crippen LogP contribution in [0.3, 0.4) is 0 Å². The maximum Gasteiger partial charge on any atom is 0.257 e. The summed E-state index contributed by atoms with van der Waals surface area (Å²) < 4.78 is 11.6. The van der Waals surface area contributed by atoms with Gasteiger partial charge in [-0.15, -0.1) is 0 Å². The number of ether oxygens (including phenoxy) is 2. The second-order valence-electron chi connectivity index (χ2n) is 8.39. The lowest BCUT2D eigenvalue weighted by atomic mass is 9.85. The van der Waals surface area contributed by atoms with Crippen molar-refractivity contribution in [3.8, 4) is 5.75 Å². The van der Waals surface area contributed by atoms with Gasteiger partial charge in [0.15, 0.2) is 0 Å². The lowest BCUT2D eigenvalue weighted by Gasteiger charge is -2.30. The quantitative estimate of drug-likeness (QED) is 0.811. The van der Waals surface area contributed by atoms with Crippen LogP contribution in [0.1, 0.15) is 43.5 Å². The van der Waals surface area contributed by atoms with E-state index in [4.69, 9.17) is 9.47 Å². The number of likely N-dealkylation sites (N-methyl/N-ethyl adjacent to an activating group) is 1. The van der Waals surface area contributed by atoms with Crippen molar-refractivity contribution in [3.05, 3.63) is 23.8 Å². The molecule has 0 bridgehead atoms. The van der Waals surface area contributed by atoms with Gasteiger partial charge in [-0.25, -0.2) is 0 Å². The van der Waals surface area contributed by atoms with Crippen LogP contribution >= 0.6 is 0 Å². The van der Waals surface area contributed by atoms with Gasteiger partial charge in [0, 0.05) is 51.0 Å². The highest BCUT2D eigenvalue weighted by atomic mass is 16.5. The number of rotatable bonds is 3. The molecule has 7 heteroatoms. The van der Waals surface area contributed by atoms with E-state index in [-0.39, 0.29) is 35.8 Å². The minimum atomic E-state index is -0.118. The van der Waals surface area contributed by atoms with Crippen LogP contribution in [0.4, 0.5) is 5.69 Å². The van der Waals surface area contributed by atoms with Gasteiger partial charge in [-0.2, -0.15) is 0 Å². The molecule has 0 spiro atoms. The lowest BCUT2D eigenvalue weighted by molar-refractivity contribution is -0.122. The van der Waals surface area contributed by atoms with Crippen molar-refractivity contribution in [3.63, 3.8) is 0 Å². The minimum Gasteiger partial charge on any atom is -0.491 e. The fourth-order valence-corrected chi connectivity index (χ4v) is 3.65. The largest absolute Gasteiger partial charge is 0.491 e. The second kappa shape index (κ2) is 9.59. The van der Waals surface area contributed by atoms with Gasteiger partial charge >= 0.3 is 0 Å². The Kier molecular flexibility index (Phi) is 7.14. The number of anilines is 1. The molecule has 3 atom stereocenters. The van der Waals surface area contributed by atoms with E-state index in [1.807, 2.05) is 0 Å². The number of nitrogens with one attached hydrogen (secondary N) is 2. The van der Waals surface area contributed by atoms with Crippen molar-refractivity contribution in [1.82, 2.24) is 10.2 Å². The zero-order valence-electron chi connectivity index (χ0n) is 17.9. The fourth-order valence-electron chi connectivity index (χ4n) is 3.65. The minimum absolute atomic E-state index is 0.0414. The highest BCUT2D eigenvalue weighted by Gasteiger charge is 2.27. The van der Waals surface area contributed by atoms with E-state index in [1.54, 1.807) is 37.3 Å². The molecule has 29 heavy (non-hydrogen) atoms. The first kappa shape index (κ1) is 21.6. The van der Waals surface area contributed by atoms with Crippen molar-refractivity contribution in [2.75, 3.05) is 39.2 Å². The Hall–Kier alpha value is -2.12. The zero-order valence-corrected chi connectivity index (χ0v) is 17.9. The summed E-state index contributed by atoms with van der Waals surface area (Å²) in [6.07, 6.45) is 2.93. The van der Waals surface area contributed by atoms with E-state index >= 15 is 0 Å². The van der Waals surface area contributed by atoms with Crippen molar-refractivity contribution in [2.24, 2.45) is 11.8 Å². The van der Waals surface area contributed by atoms with Gasteiger partial charge in [0.25, 0.3) is 5.91 Å². The summed E-state index contributed by atoms with van der Waals surface area (Å²) in [5.74, 6) is 0.763. The monoisotopic (exact) mass is 403 g/mol. The van der Waals surface area contributed by atoms with E-state index in [1.165, 1.54) is 0 Å². The lowest BCUT2D eigenvalue weighted by Crippen LogP contribution is -2.44. The summed E-state index contributed by atoms with van der Waals surface area (Å²) in [4.78, 5) is 27.0. The molecule has 1 aliphatic heterocycles. The molecule has 2 N–H and O–H groups in total. The van der Waals surface area contributed by atoms with Crippen LogP contribution in [0.15, 0.2) is 18.2 Å². The van der Waals surface area contributed by atoms with Crippen molar-refractivity contribution >= 4 is 17.5 Å². The summed E-state index contributed by atoms with van der Waals surface area (Å²) in [5.41, 5.74) is 1.15. The molecule has 0 radical (unpaired) electrons. The zero-order chi connectivity index (χ0) is 21.0. The van der Waals surface area contributed by atoms with Crippen molar-refractivity contribution in [2.45, 2.75) is 45.3 Å². The standard InChI is InChI=1S/C22H33N3O4/c1-14-11-23-15(2)13-29-19-10-17(24-21(26)16-6-5-7-16)8-9-18(19)22(27)25(3)12-20(14)28-4/h8-10,14-16,20,23H,5-7,11-13H2,1-4H3,(H,24,26)/t14-,15+,20+/m0/s1. The SMILES string of the molecule is CO[C@@H]1CN(C)C(=O)c2ccc(NC(=O)C3CCC3)cc2OC[C@@H](C)NC[C@@H]1C. The number of carbonyl (C=O) groups excluding carboxylic acids is 2. The predicted molar refractivity (Wildman–Crippen MR) is 112 cm³/mol. The van der Waals surface area contributed by atoms with Gasteiger partial charge in [0.05, 0.1) is 11.7 Å². The van der Waals surface area contributed by atoms with Crippen LogP contribution in [0.25, 0.3) is 0 Å². The highest BCUT2D eigenvalue weighted by Crippen LogP contribution is 2.30. The Bertz CT molecular complexity index is 735. The van der Waals surface area contributed by atoms with Crippen LogP contribution in [0.2, 0.25) is 0 Å². The first-order chi connectivity index (χ1) is 13.9. The van der Waals surface area contributed by atoms with Crippen molar-refractivity contribution < 1.29 is 19.1 Å². The summed E-state index contributed by atoms with van der Waals surface area (Å²) in [6.45, 7) is 5.86. The number of nitrogens with zero attached hydrogens (tertiary/aromatic N) is 1. The third kappa shape index (κ3) is 5.28. The molecule has 0 unspecified atom stereocenters. The Morgan fingerprint density at radius 2 is 2.07 bits per heavy atom. The maximum absolute atomic E-state index is 13.1. The van der Waals surface area contributed by atoms with Gasteiger partial charge in [0.1, 0.15) is 12.4 Å². The molecule has 2 amide bonds. The van der Waals surface area contributed by atoms with Gasteiger partial charge in [-0.1, -0.05) is 13.3 Å². The molecule has 1 aliphatic carbocycles. The van der Waals surface area contributed by atoms with Crippen molar-refractivity contribution in [1.29, 1.82) is 0 Å². The van der Waals surface area contributed by atoms with E-state index in [9.17, 15) is 9.59 Å². The van der Waals surface area contributed by atoms with E-state index in [0.717, 1.165) is 25.8 Å². The molecule has 0 saturated heterocycles. The third-order valence-electron chi connectivity index (χ3n) is 5.97. The second-order valence-corrected chi connectivity index (χ2v) is 8.39. The number of amides is 2. The molecule has 0 aromatic heterocycles. The average Bonchev–Trinajstić information content (AvgIpc) is 2.65. The van der Waals surface area contributed by atoms with Gasteiger partial charge in [-0.05, 0) is 37.8 Å². The topological polar surface area (TPSA) is 79.9 Å². The number of methoxy groups -OCH3 is 1. The molecule has 160 valence electrons. The van der Waals surface area contributed by atoms with Crippen LogP contribution in [0.5, 0.6) is 5.75 Å². The van der Waals surface area contributed by atoms with Crippen LogP contribution in [-0.4, -0.2) is 62.7 Å². The van der Waals surface area contributed by atoms with Crippen LogP contribution < -0.4 is 15.4 Å². The number of benzene rings is 1. The number of carbonyl (C=O) groups is 2. The molecule has 1 fully saturated rings. The molecular weight excluding hydrogens is 370 g/mol. The number of fused-ring (bicyclic) bond motifs is 1. The highest BCUT2D eigenvalue weighted by molar-refractivity contribution is 5.99. The Morgan fingerprint density at radius 1 is 1.31 bits per heavy atom. The summed E-state index contributed by atoms with van der Waals surface area (Å²) in [6, 6.07) is 5.38. The van der Waals surface area contributed by atoms with E-state index in [0.29, 0.717) is 30.2 Å². The fraction of sp³-hybridized carbons (Fsp3) is 0.636. The molecule has 2 aliphatic rings. The Morgan fingerprint density at radius 3 is 2.72 bits per heavy atom. The Labute approximate surface area is 173 Å². The average molecular weight is 404 g/mol. The van der Waals surface area contributed by atoms with Crippen LogP contribution in [-0.2, 0) is 9.53 Å². The molecule has 1 heterocycles. The van der Waals surface area contributed by atoms with Gasteiger partial charge < -0.3 is 25.0 Å². The normalized spacial score (nSPS) is 26.4. The molecule has 7 nitrogen and oxygen atoms in total. The first-order valence-corrected chi connectivity index (χ1v) is 10.5. The third-order valence-corrected chi connectivity index (χ3v) is 5.97. The molecular formula is C22H33N3O4. The van der Waals surface area contributed by atoms with E-state index in [2.05, 4.69) is 24.5 Å². The summed E-state index contributed by atoms with van der Waals surface area (Å²) in [5, 5.41) is 6.43. The van der Waals surface area contributed by atoms with Gasteiger partial charge in [0.2, 0.25) is 5.91 Å². The first-order valence-electron chi connectivity index (χ1n) is 10.5. The molecule has 1 aromatic rings. The maximum atomic E-state index is 13.1.